The molecule has 2 N–H and O–H groups in total. The molecule has 1 aliphatic heterocycles. The zero-order valence-corrected chi connectivity index (χ0v) is 14.0. The topological polar surface area (TPSA) is 69.6 Å². The van der Waals surface area contributed by atoms with Gasteiger partial charge in [0.25, 0.3) is 0 Å². The first-order valence-electron chi connectivity index (χ1n) is 8.43. The number of aromatic carboxylic acids is 1. The number of carboxylic acids is 1. The Hall–Kier alpha value is -2.04. The Balaban J connectivity index is 2.25. The van der Waals surface area contributed by atoms with E-state index in [9.17, 15) is 14.7 Å². The first kappa shape index (κ1) is 17.3. The number of rotatable bonds is 6. The monoisotopic (exact) mass is 318 g/mol. The third-order valence-electron chi connectivity index (χ3n) is 4.27. The smallest absolute Gasteiger partial charge is 0.335 e. The van der Waals surface area contributed by atoms with E-state index in [0.29, 0.717) is 18.0 Å². The summed E-state index contributed by atoms with van der Waals surface area (Å²) < 4.78 is 0. The van der Waals surface area contributed by atoms with Gasteiger partial charge in [0.1, 0.15) is 0 Å². The molecule has 1 fully saturated rings. The van der Waals surface area contributed by atoms with Crippen molar-refractivity contribution in [3.05, 3.63) is 23.8 Å². The van der Waals surface area contributed by atoms with Gasteiger partial charge >= 0.3 is 5.97 Å². The maximum atomic E-state index is 12.1. The van der Waals surface area contributed by atoms with Crippen molar-refractivity contribution in [2.45, 2.75) is 46.0 Å². The SMILES string of the molecule is CCCCC(=O)Nc1cc(C(=O)O)ccc1N1CCC[C@@H](C)C1. The van der Waals surface area contributed by atoms with Crippen LogP contribution in [0.5, 0.6) is 0 Å². The minimum Gasteiger partial charge on any atom is -0.478 e. The van der Waals surface area contributed by atoms with Gasteiger partial charge in [-0.2, -0.15) is 0 Å². The van der Waals surface area contributed by atoms with Crippen molar-refractivity contribution >= 4 is 23.3 Å². The van der Waals surface area contributed by atoms with E-state index in [1.165, 1.54) is 6.42 Å². The van der Waals surface area contributed by atoms with Crippen LogP contribution in [0.3, 0.4) is 0 Å². The minimum atomic E-state index is -0.979. The van der Waals surface area contributed by atoms with E-state index < -0.39 is 5.97 Å². The van der Waals surface area contributed by atoms with Gasteiger partial charge in [0.05, 0.1) is 16.9 Å². The maximum absolute atomic E-state index is 12.1. The van der Waals surface area contributed by atoms with Gasteiger partial charge in [-0.1, -0.05) is 20.3 Å². The summed E-state index contributed by atoms with van der Waals surface area (Å²) in [6, 6.07) is 5.00. The molecule has 1 atom stereocenters. The van der Waals surface area contributed by atoms with Crippen molar-refractivity contribution in [1.29, 1.82) is 0 Å². The normalized spacial score (nSPS) is 17.8. The van der Waals surface area contributed by atoms with Crippen LogP contribution in [0.2, 0.25) is 0 Å². The summed E-state index contributed by atoms with van der Waals surface area (Å²) in [5.74, 6) is -0.431. The third kappa shape index (κ3) is 4.71. The zero-order valence-electron chi connectivity index (χ0n) is 14.0. The van der Waals surface area contributed by atoms with Gasteiger partial charge in [0, 0.05) is 19.5 Å². The molecule has 0 saturated carbocycles. The van der Waals surface area contributed by atoms with Crippen LogP contribution < -0.4 is 10.2 Å². The summed E-state index contributed by atoms with van der Waals surface area (Å²) in [6.45, 7) is 6.13. The van der Waals surface area contributed by atoms with Crippen LogP contribution in [0.4, 0.5) is 11.4 Å². The molecule has 0 radical (unpaired) electrons. The molecule has 1 heterocycles. The number of hydrogen-bond acceptors (Lipinski definition) is 3. The number of amides is 1. The third-order valence-corrected chi connectivity index (χ3v) is 4.27. The molecule has 0 unspecified atom stereocenters. The van der Waals surface area contributed by atoms with Crippen molar-refractivity contribution in [3.63, 3.8) is 0 Å². The van der Waals surface area contributed by atoms with Crippen molar-refractivity contribution in [1.82, 2.24) is 0 Å². The number of hydrogen-bond donors (Lipinski definition) is 2. The lowest BCUT2D eigenvalue weighted by Gasteiger charge is -2.34. The standard InChI is InChI=1S/C18H26N2O3/c1-3-4-7-17(21)19-15-11-14(18(22)23)8-9-16(15)20-10-5-6-13(2)12-20/h8-9,11,13H,3-7,10,12H2,1-2H3,(H,19,21)(H,22,23)/t13-/m1/s1. The van der Waals surface area contributed by atoms with Gasteiger partial charge in [0.15, 0.2) is 0 Å². The predicted octanol–water partition coefficient (Wildman–Crippen LogP) is 3.75. The molecule has 0 spiro atoms. The first-order valence-corrected chi connectivity index (χ1v) is 8.43. The molecular formula is C18H26N2O3. The molecule has 0 aromatic heterocycles. The molecule has 0 aliphatic carbocycles. The van der Waals surface area contributed by atoms with Crippen LogP contribution in [0, 0.1) is 5.92 Å². The van der Waals surface area contributed by atoms with E-state index in [4.69, 9.17) is 0 Å². The molecule has 2 rings (SSSR count). The van der Waals surface area contributed by atoms with E-state index >= 15 is 0 Å². The maximum Gasteiger partial charge on any atom is 0.335 e. The molecule has 23 heavy (non-hydrogen) atoms. The number of carbonyl (C=O) groups is 2. The van der Waals surface area contributed by atoms with Crippen LogP contribution in [0.15, 0.2) is 18.2 Å². The van der Waals surface area contributed by atoms with E-state index in [0.717, 1.165) is 38.0 Å². The zero-order chi connectivity index (χ0) is 16.8. The Kier molecular flexibility index (Phi) is 6.02. The van der Waals surface area contributed by atoms with Gasteiger partial charge < -0.3 is 15.3 Å². The molecule has 0 bridgehead atoms. The molecule has 126 valence electrons. The number of unbranched alkanes of at least 4 members (excludes halogenated alkanes) is 1. The second-order valence-corrected chi connectivity index (χ2v) is 6.38. The lowest BCUT2D eigenvalue weighted by Crippen LogP contribution is -2.35. The van der Waals surface area contributed by atoms with Gasteiger partial charge in [-0.3, -0.25) is 4.79 Å². The Bertz CT molecular complexity index is 571. The van der Waals surface area contributed by atoms with Crippen LogP contribution in [0.25, 0.3) is 0 Å². The van der Waals surface area contributed by atoms with Gasteiger partial charge in [-0.05, 0) is 43.4 Å². The largest absolute Gasteiger partial charge is 0.478 e. The Morgan fingerprint density at radius 3 is 2.83 bits per heavy atom. The summed E-state index contributed by atoms with van der Waals surface area (Å²) in [6.07, 6.45) is 4.58. The van der Waals surface area contributed by atoms with Crippen LogP contribution >= 0.6 is 0 Å². The molecule has 1 aromatic rings. The van der Waals surface area contributed by atoms with E-state index in [1.54, 1.807) is 12.1 Å². The second-order valence-electron chi connectivity index (χ2n) is 6.38. The van der Waals surface area contributed by atoms with Crippen molar-refractivity contribution in [2.75, 3.05) is 23.3 Å². The quantitative estimate of drug-likeness (QED) is 0.838. The summed E-state index contributed by atoms with van der Waals surface area (Å²) in [7, 11) is 0. The highest BCUT2D eigenvalue weighted by Gasteiger charge is 2.20. The Labute approximate surface area is 137 Å². The molecule has 1 saturated heterocycles. The highest BCUT2D eigenvalue weighted by Crippen LogP contribution is 2.31. The molecule has 1 aromatic carbocycles. The number of benzene rings is 1. The number of carbonyl (C=O) groups excluding carboxylic acids is 1. The molecular weight excluding hydrogens is 292 g/mol. The second kappa shape index (κ2) is 7.99. The summed E-state index contributed by atoms with van der Waals surface area (Å²) in [4.78, 5) is 25.5. The van der Waals surface area contributed by atoms with Crippen LogP contribution in [0.1, 0.15) is 56.3 Å². The van der Waals surface area contributed by atoms with Crippen LogP contribution in [-0.4, -0.2) is 30.1 Å². The molecule has 1 aliphatic rings. The fourth-order valence-corrected chi connectivity index (χ4v) is 3.00. The number of nitrogens with one attached hydrogen (secondary N) is 1. The average Bonchev–Trinajstić information content (AvgIpc) is 2.52. The Morgan fingerprint density at radius 2 is 2.17 bits per heavy atom. The van der Waals surface area contributed by atoms with Gasteiger partial charge in [-0.15, -0.1) is 0 Å². The highest BCUT2D eigenvalue weighted by atomic mass is 16.4. The fourth-order valence-electron chi connectivity index (χ4n) is 3.00. The first-order chi connectivity index (χ1) is 11.0. The van der Waals surface area contributed by atoms with Crippen molar-refractivity contribution in [2.24, 2.45) is 5.92 Å². The number of piperidine rings is 1. The molecule has 5 nitrogen and oxygen atoms in total. The molecule has 1 amide bonds. The van der Waals surface area contributed by atoms with Crippen molar-refractivity contribution < 1.29 is 14.7 Å². The highest BCUT2D eigenvalue weighted by molar-refractivity contribution is 5.97. The number of anilines is 2. The number of nitrogens with zero attached hydrogens (tertiary/aromatic N) is 1. The predicted molar refractivity (Wildman–Crippen MR) is 92.2 cm³/mol. The Morgan fingerprint density at radius 1 is 1.39 bits per heavy atom. The summed E-state index contributed by atoms with van der Waals surface area (Å²) in [5.41, 5.74) is 1.73. The van der Waals surface area contributed by atoms with Gasteiger partial charge in [-0.25, -0.2) is 4.79 Å². The molecule has 5 heteroatoms. The number of carboxylic acid groups (broad SMARTS) is 1. The van der Waals surface area contributed by atoms with Crippen molar-refractivity contribution in [3.8, 4) is 0 Å². The summed E-state index contributed by atoms with van der Waals surface area (Å²) >= 11 is 0. The lowest BCUT2D eigenvalue weighted by atomic mass is 9.99. The lowest BCUT2D eigenvalue weighted by molar-refractivity contribution is -0.116. The average molecular weight is 318 g/mol. The minimum absolute atomic E-state index is 0.0549. The van der Waals surface area contributed by atoms with E-state index in [1.807, 2.05) is 13.0 Å². The van der Waals surface area contributed by atoms with E-state index in [2.05, 4.69) is 17.1 Å². The van der Waals surface area contributed by atoms with E-state index in [-0.39, 0.29) is 11.5 Å². The van der Waals surface area contributed by atoms with Gasteiger partial charge in [0.2, 0.25) is 5.91 Å². The van der Waals surface area contributed by atoms with Crippen LogP contribution in [-0.2, 0) is 4.79 Å². The summed E-state index contributed by atoms with van der Waals surface area (Å²) in [5, 5.41) is 12.1. The fraction of sp³-hybridized carbons (Fsp3) is 0.556.